The molecule has 2 nitrogen and oxygen atoms in total. The third-order valence-corrected chi connectivity index (χ3v) is 3.61. The highest BCUT2D eigenvalue weighted by molar-refractivity contribution is 6.31. The summed E-state index contributed by atoms with van der Waals surface area (Å²) in [7, 11) is 0. The van der Waals surface area contributed by atoms with Crippen LogP contribution in [0.5, 0.6) is 11.5 Å². The molecule has 0 amide bonds. The van der Waals surface area contributed by atoms with Crippen molar-refractivity contribution in [3.05, 3.63) is 58.6 Å². The van der Waals surface area contributed by atoms with E-state index >= 15 is 0 Å². The fourth-order valence-electron chi connectivity index (χ4n) is 1.92. The normalized spacial score (nSPS) is 13.0. The molecule has 0 aliphatic carbocycles. The van der Waals surface area contributed by atoms with Crippen LogP contribution in [0.15, 0.2) is 42.5 Å². The van der Waals surface area contributed by atoms with E-state index in [4.69, 9.17) is 22.1 Å². The van der Waals surface area contributed by atoms with Gasteiger partial charge in [0.1, 0.15) is 11.5 Å². The predicted octanol–water partition coefficient (Wildman–Crippen LogP) is 5.21. The van der Waals surface area contributed by atoms with Crippen molar-refractivity contribution in [2.45, 2.75) is 19.0 Å². The molecule has 0 bridgehead atoms. The highest BCUT2D eigenvalue weighted by Crippen LogP contribution is 2.37. The minimum atomic E-state index is -4.52. The van der Waals surface area contributed by atoms with Crippen LogP contribution in [0.25, 0.3) is 0 Å². The van der Waals surface area contributed by atoms with Crippen LogP contribution in [0.4, 0.5) is 13.2 Å². The Morgan fingerprint density at radius 3 is 2.23 bits per heavy atom. The lowest BCUT2D eigenvalue weighted by Gasteiger charge is -2.13. The Morgan fingerprint density at radius 1 is 1.09 bits per heavy atom. The highest BCUT2D eigenvalue weighted by Gasteiger charge is 2.33. The molecular formula is C16H15ClF3NO. The zero-order chi connectivity index (χ0) is 16.3. The largest absolute Gasteiger partial charge is 0.457 e. The molecule has 0 aliphatic heterocycles. The first-order valence-corrected chi connectivity index (χ1v) is 7.03. The number of benzene rings is 2. The second-order valence-corrected chi connectivity index (χ2v) is 5.35. The Bertz CT molecular complexity index is 641. The second kappa shape index (κ2) is 6.58. The number of hydrogen-bond donors (Lipinski definition) is 1. The van der Waals surface area contributed by atoms with E-state index in [-0.39, 0.29) is 16.7 Å². The summed E-state index contributed by atoms with van der Waals surface area (Å²) in [5.41, 5.74) is 5.71. The molecule has 118 valence electrons. The van der Waals surface area contributed by atoms with Gasteiger partial charge in [-0.1, -0.05) is 30.7 Å². The van der Waals surface area contributed by atoms with Gasteiger partial charge in [-0.3, -0.25) is 0 Å². The summed E-state index contributed by atoms with van der Waals surface area (Å²) in [6.45, 7) is 2.51. The van der Waals surface area contributed by atoms with Gasteiger partial charge < -0.3 is 10.5 Å². The van der Waals surface area contributed by atoms with E-state index in [1.54, 1.807) is 12.1 Å². The second-order valence-electron chi connectivity index (χ2n) is 4.95. The number of nitrogens with two attached hydrogens (primary N) is 1. The predicted molar refractivity (Wildman–Crippen MR) is 80.4 cm³/mol. The molecule has 2 N–H and O–H groups in total. The standard InChI is InChI=1S/C16H15ClF3NO/c1-10(9-21)11-2-4-12(5-3-11)22-13-6-7-15(17)14(8-13)16(18,19)20/h2-8,10H,9,21H2,1H3. The smallest absolute Gasteiger partial charge is 0.417 e. The van der Waals surface area contributed by atoms with Crippen LogP contribution >= 0.6 is 11.6 Å². The average Bonchev–Trinajstić information content (AvgIpc) is 2.48. The SMILES string of the molecule is CC(CN)c1ccc(Oc2ccc(Cl)c(C(F)(F)F)c2)cc1. The average molecular weight is 330 g/mol. The monoisotopic (exact) mass is 329 g/mol. The minimum Gasteiger partial charge on any atom is -0.457 e. The van der Waals surface area contributed by atoms with Crippen molar-refractivity contribution in [1.29, 1.82) is 0 Å². The lowest BCUT2D eigenvalue weighted by atomic mass is 10.0. The molecule has 0 heterocycles. The van der Waals surface area contributed by atoms with Crippen molar-refractivity contribution in [3.63, 3.8) is 0 Å². The van der Waals surface area contributed by atoms with E-state index in [1.165, 1.54) is 12.1 Å². The van der Waals surface area contributed by atoms with Gasteiger partial charge in [0.2, 0.25) is 0 Å². The molecule has 6 heteroatoms. The lowest BCUT2D eigenvalue weighted by molar-refractivity contribution is -0.137. The van der Waals surface area contributed by atoms with Gasteiger partial charge in [-0.2, -0.15) is 13.2 Å². The van der Waals surface area contributed by atoms with Gasteiger partial charge in [-0.25, -0.2) is 0 Å². The maximum atomic E-state index is 12.8. The molecule has 0 aromatic heterocycles. The van der Waals surface area contributed by atoms with Crippen molar-refractivity contribution in [1.82, 2.24) is 0 Å². The van der Waals surface area contributed by atoms with Crippen LogP contribution in [0.2, 0.25) is 5.02 Å². The van der Waals surface area contributed by atoms with Gasteiger partial charge in [-0.15, -0.1) is 0 Å². The maximum absolute atomic E-state index is 12.8. The van der Waals surface area contributed by atoms with Gasteiger partial charge in [0.15, 0.2) is 0 Å². The fourth-order valence-corrected chi connectivity index (χ4v) is 2.15. The summed E-state index contributed by atoms with van der Waals surface area (Å²) < 4.78 is 43.8. The Labute approximate surface area is 131 Å². The topological polar surface area (TPSA) is 35.2 Å². The third kappa shape index (κ3) is 3.93. The Morgan fingerprint density at radius 2 is 1.68 bits per heavy atom. The Kier molecular flexibility index (Phi) is 4.98. The van der Waals surface area contributed by atoms with Crippen molar-refractivity contribution in [2.75, 3.05) is 6.54 Å². The van der Waals surface area contributed by atoms with Gasteiger partial charge >= 0.3 is 6.18 Å². The first kappa shape index (κ1) is 16.6. The summed E-state index contributed by atoms with van der Waals surface area (Å²) in [4.78, 5) is 0. The quantitative estimate of drug-likeness (QED) is 0.835. The fraction of sp³-hybridized carbons (Fsp3) is 0.250. The first-order valence-electron chi connectivity index (χ1n) is 6.66. The summed E-state index contributed by atoms with van der Waals surface area (Å²) in [6.07, 6.45) is -4.52. The van der Waals surface area contributed by atoms with Crippen LogP contribution in [0, 0.1) is 0 Å². The number of halogens is 4. The lowest BCUT2D eigenvalue weighted by Crippen LogP contribution is -2.08. The van der Waals surface area contributed by atoms with E-state index in [0.29, 0.717) is 12.3 Å². The molecule has 0 fully saturated rings. The maximum Gasteiger partial charge on any atom is 0.417 e. The van der Waals surface area contributed by atoms with Crippen molar-refractivity contribution < 1.29 is 17.9 Å². The number of hydrogen-bond acceptors (Lipinski definition) is 2. The summed E-state index contributed by atoms with van der Waals surface area (Å²) in [6, 6.07) is 10.5. The zero-order valence-electron chi connectivity index (χ0n) is 11.8. The van der Waals surface area contributed by atoms with Gasteiger partial charge in [0, 0.05) is 0 Å². The summed E-state index contributed by atoms with van der Waals surface area (Å²) in [5, 5.41) is -0.355. The molecule has 0 saturated carbocycles. The van der Waals surface area contributed by atoms with Crippen LogP contribution < -0.4 is 10.5 Å². The molecule has 2 aromatic carbocycles. The van der Waals surface area contributed by atoms with Crippen molar-refractivity contribution in [2.24, 2.45) is 5.73 Å². The van der Waals surface area contributed by atoms with Gasteiger partial charge in [-0.05, 0) is 48.4 Å². The van der Waals surface area contributed by atoms with E-state index in [0.717, 1.165) is 11.6 Å². The molecule has 0 radical (unpaired) electrons. The van der Waals surface area contributed by atoms with Crippen LogP contribution in [-0.4, -0.2) is 6.54 Å². The highest BCUT2D eigenvalue weighted by atomic mass is 35.5. The third-order valence-electron chi connectivity index (χ3n) is 3.28. The molecule has 1 atom stereocenters. The molecule has 1 unspecified atom stereocenters. The molecule has 22 heavy (non-hydrogen) atoms. The first-order chi connectivity index (χ1) is 10.3. The van der Waals surface area contributed by atoms with Crippen molar-refractivity contribution in [3.8, 4) is 11.5 Å². The molecule has 2 rings (SSSR count). The van der Waals surface area contributed by atoms with E-state index < -0.39 is 11.7 Å². The molecular weight excluding hydrogens is 315 g/mol. The molecule has 0 saturated heterocycles. The summed E-state index contributed by atoms with van der Waals surface area (Å²) in [5.74, 6) is 0.737. The van der Waals surface area contributed by atoms with Gasteiger partial charge in [0.25, 0.3) is 0 Å². The molecule has 0 aliphatic rings. The Hall–Kier alpha value is -1.72. The van der Waals surface area contributed by atoms with Gasteiger partial charge in [0.05, 0.1) is 10.6 Å². The Balaban J connectivity index is 2.21. The van der Waals surface area contributed by atoms with E-state index in [1.807, 2.05) is 19.1 Å². The summed E-state index contributed by atoms with van der Waals surface area (Å²) >= 11 is 5.57. The molecule has 0 spiro atoms. The number of ether oxygens (including phenoxy) is 1. The van der Waals surface area contributed by atoms with Crippen molar-refractivity contribution >= 4 is 11.6 Å². The van der Waals surface area contributed by atoms with Crippen LogP contribution in [0.3, 0.4) is 0 Å². The van der Waals surface area contributed by atoms with E-state index in [2.05, 4.69) is 0 Å². The number of alkyl halides is 3. The molecule has 2 aromatic rings. The van der Waals surface area contributed by atoms with E-state index in [9.17, 15) is 13.2 Å². The zero-order valence-corrected chi connectivity index (χ0v) is 12.6. The van der Waals surface area contributed by atoms with Crippen LogP contribution in [-0.2, 0) is 6.18 Å². The van der Waals surface area contributed by atoms with Crippen LogP contribution in [0.1, 0.15) is 24.0 Å². The number of rotatable bonds is 4. The minimum absolute atomic E-state index is 0.0800.